The van der Waals surface area contributed by atoms with E-state index in [0.29, 0.717) is 26.1 Å². The molecule has 5 N–H and O–H groups in total. The molecule has 1 saturated heterocycles. The normalized spacial score (nSPS) is 15.6. The molecule has 0 aliphatic carbocycles. The molecule has 314 valence electrons. The molecule has 0 saturated carbocycles. The van der Waals surface area contributed by atoms with Crippen molar-refractivity contribution >= 4 is 23.9 Å². The molecule has 4 aromatic rings. The predicted octanol–water partition coefficient (Wildman–Crippen LogP) is 5.41. The van der Waals surface area contributed by atoms with Crippen molar-refractivity contribution in [3.8, 4) is 11.3 Å². The molecule has 0 spiro atoms. The first-order valence-corrected chi connectivity index (χ1v) is 20.2. The van der Waals surface area contributed by atoms with Crippen LogP contribution in [0.1, 0.15) is 63.3 Å². The maximum Gasteiger partial charge on any atom is 0.405 e. The first kappa shape index (κ1) is 44.2. The number of aliphatic hydroxyl groups is 1. The molecular formula is C45H58N8O6. The van der Waals surface area contributed by atoms with Gasteiger partial charge in [-0.2, -0.15) is 0 Å². The summed E-state index contributed by atoms with van der Waals surface area (Å²) in [4.78, 5) is 66.1. The van der Waals surface area contributed by atoms with Gasteiger partial charge in [-0.3, -0.25) is 25.0 Å². The maximum atomic E-state index is 14.5. The zero-order chi connectivity index (χ0) is 42.7. The van der Waals surface area contributed by atoms with E-state index in [1.165, 1.54) is 0 Å². The van der Waals surface area contributed by atoms with Crippen molar-refractivity contribution in [2.45, 2.75) is 91.7 Å². The average Bonchev–Trinajstić information content (AvgIpc) is 3.56. The number of carbonyl (C=O) groups excluding carboxylic acids is 3. The van der Waals surface area contributed by atoms with Crippen LogP contribution in [-0.2, 0) is 29.1 Å². The Labute approximate surface area is 347 Å². The highest BCUT2D eigenvalue weighted by Gasteiger charge is 2.41. The van der Waals surface area contributed by atoms with E-state index in [1.54, 1.807) is 54.2 Å². The molecule has 3 heterocycles. The number of carbonyl (C=O) groups is 4. The number of aromatic nitrogens is 2. The Morgan fingerprint density at radius 2 is 1.61 bits per heavy atom. The van der Waals surface area contributed by atoms with Crippen molar-refractivity contribution in [2.75, 3.05) is 19.6 Å². The minimum absolute atomic E-state index is 0.135. The first-order valence-electron chi connectivity index (χ1n) is 20.2. The zero-order valence-electron chi connectivity index (χ0n) is 34.8. The number of nitrogens with zero attached hydrogens (tertiary/aromatic N) is 5. The van der Waals surface area contributed by atoms with Gasteiger partial charge in [0.1, 0.15) is 12.1 Å². The summed E-state index contributed by atoms with van der Waals surface area (Å²) in [6.07, 6.45) is 3.51. The van der Waals surface area contributed by atoms with Gasteiger partial charge in [-0.05, 0) is 65.1 Å². The minimum Gasteiger partial charge on any atom is -0.465 e. The second-order valence-electron chi connectivity index (χ2n) is 16.4. The minimum atomic E-state index is -1.34. The van der Waals surface area contributed by atoms with Crippen molar-refractivity contribution in [2.24, 2.45) is 11.3 Å². The van der Waals surface area contributed by atoms with Crippen LogP contribution in [0.15, 0.2) is 97.5 Å². The summed E-state index contributed by atoms with van der Waals surface area (Å²) in [6, 6.07) is 21.7. The summed E-state index contributed by atoms with van der Waals surface area (Å²) in [6.45, 7) is 12.4. The van der Waals surface area contributed by atoms with Gasteiger partial charge < -0.3 is 30.6 Å². The van der Waals surface area contributed by atoms with Crippen molar-refractivity contribution in [1.29, 1.82) is 0 Å². The molecule has 0 radical (unpaired) electrons. The SMILES string of the molecule is CC[C@H](C)[C@@H](C(=O)N[C@@H](Cc1ccccc1)[C@@H](O)CN(Cc1ccc(-c2ccccn2)cc1)NC(=O)[C@@H](NC(=O)O)C(C)(C)C)N1CCN(Cc2cnccc2C)C1=O. The third-order valence-electron chi connectivity index (χ3n) is 10.9. The quantitative estimate of drug-likeness (QED) is 0.0823. The lowest BCUT2D eigenvalue weighted by molar-refractivity contribution is -0.132. The monoisotopic (exact) mass is 806 g/mol. The number of pyridine rings is 2. The molecule has 1 aliphatic rings. The molecule has 0 bridgehead atoms. The number of aryl methyl sites for hydroxylation is 1. The highest BCUT2D eigenvalue weighted by molar-refractivity contribution is 5.88. The summed E-state index contributed by atoms with van der Waals surface area (Å²) in [5, 5.41) is 28.7. The molecule has 1 aliphatic heterocycles. The number of aliphatic hydroxyl groups excluding tert-OH is 1. The van der Waals surface area contributed by atoms with Gasteiger partial charge in [0.15, 0.2) is 0 Å². The van der Waals surface area contributed by atoms with E-state index >= 15 is 0 Å². The van der Waals surface area contributed by atoms with Crippen LogP contribution in [0.3, 0.4) is 0 Å². The molecule has 0 unspecified atom stereocenters. The number of carboxylic acid groups (broad SMARTS) is 1. The molecule has 14 nitrogen and oxygen atoms in total. The molecule has 5 atom stereocenters. The summed E-state index contributed by atoms with van der Waals surface area (Å²) in [5.74, 6) is -1.18. The fourth-order valence-corrected chi connectivity index (χ4v) is 7.28. The van der Waals surface area contributed by atoms with E-state index in [-0.39, 0.29) is 37.4 Å². The molecule has 5 amide bonds. The Bertz CT molecular complexity index is 2010. The Balaban J connectivity index is 1.41. The van der Waals surface area contributed by atoms with E-state index in [4.69, 9.17) is 0 Å². The van der Waals surface area contributed by atoms with Gasteiger partial charge in [-0.1, -0.05) is 102 Å². The molecule has 2 aromatic carbocycles. The lowest BCUT2D eigenvalue weighted by Crippen LogP contribution is -2.60. The van der Waals surface area contributed by atoms with Crippen LogP contribution < -0.4 is 16.1 Å². The highest BCUT2D eigenvalue weighted by Crippen LogP contribution is 2.25. The molecule has 2 aromatic heterocycles. The number of hydrazine groups is 1. The summed E-state index contributed by atoms with van der Waals surface area (Å²) in [7, 11) is 0. The van der Waals surface area contributed by atoms with E-state index < -0.39 is 41.6 Å². The highest BCUT2D eigenvalue weighted by atomic mass is 16.4. The van der Waals surface area contributed by atoms with Crippen molar-refractivity contribution in [3.05, 3.63) is 120 Å². The summed E-state index contributed by atoms with van der Waals surface area (Å²) < 4.78 is 0. The Morgan fingerprint density at radius 3 is 2.24 bits per heavy atom. The number of benzene rings is 2. The Morgan fingerprint density at radius 1 is 0.898 bits per heavy atom. The van der Waals surface area contributed by atoms with Gasteiger partial charge in [-0.15, -0.1) is 0 Å². The second-order valence-corrected chi connectivity index (χ2v) is 16.4. The standard InChI is InChI=1S/C45H58N8O6/c1-7-30(2)39(53-24-23-51(44(53)59)28-35-26-46-22-20-31(35)3)41(55)48-37(25-32-13-9-8-10-14-32)38(54)29-52(50-42(56)40(45(4,5)6)49-43(57)58)27-33-16-18-34(19-17-33)36-15-11-12-21-47-36/h8-22,26,30,37-40,49,54H,7,23-25,27-29H2,1-6H3,(H,48,55)(H,50,56)(H,57,58)/t30-,37-,38-,39-,40+/m0/s1. The third-order valence-corrected chi connectivity index (χ3v) is 10.9. The smallest absolute Gasteiger partial charge is 0.405 e. The topological polar surface area (TPSA) is 180 Å². The number of urea groups is 1. The van der Waals surface area contributed by atoms with Crippen molar-refractivity contribution in [1.82, 2.24) is 40.8 Å². The van der Waals surface area contributed by atoms with Gasteiger partial charge in [0.05, 0.1) is 17.8 Å². The number of hydrogen-bond donors (Lipinski definition) is 5. The van der Waals surface area contributed by atoms with Gasteiger partial charge in [0, 0.05) is 56.9 Å². The number of rotatable bonds is 18. The first-order chi connectivity index (χ1) is 28.1. The molecule has 5 rings (SSSR count). The lowest BCUT2D eigenvalue weighted by Gasteiger charge is -2.36. The van der Waals surface area contributed by atoms with Crippen LogP contribution in [-0.4, -0.2) is 103 Å². The van der Waals surface area contributed by atoms with Gasteiger partial charge in [0.25, 0.3) is 5.91 Å². The van der Waals surface area contributed by atoms with E-state index in [2.05, 4.69) is 26.0 Å². The summed E-state index contributed by atoms with van der Waals surface area (Å²) in [5.41, 5.74) is 7.42. The van der Waals surface area contributed by atoms with Crippen LogP contribution in [0.2, 0.25) is 0 Å². The van der Waals surface area contributed by atoms with E-state index in [9.17, 15) is 29.4 Å². The number of nitrogens with one attached hydrogen (secondary N) is 3. The van der Waals surface area contributed by atoms with Gasteiger partial charge in [0.2, 0.25) is 5.91 Å². The molecule has 14 heteroatoms. The van der Waals surface area contributed by atoms with E-state index in [1.807, 2.05) is 99.6 Å². The number of hydrogen-bond acceptors (Lipinski definition) is 8. The average molecular weight is 807 g/mol. The van der Waals surface area contributed by atoms with Gasteiger partial charge in [-0.25, -0.2) is 14.6 Å². The number of amides is 5. The molecule has 1 fully saturated rings. The lowest BCUT2D eigenvalue weighted by atomic mass is 9.86. The largest absolute Gasteiger partial charge is 0.465 e. The maximum absolute atomic E-state index is 14.5. The van der Waals surface area contributed by atoms with E-state index in [0.717, 1.165) is 33.5 Å². The Hall–Kier alpha value is -5.86. The van der Waals surface area contributed by atoms with Crippen LogP contribution in [0.25, 0.3) is 11.3 Å². The van der Waals surface area contributed by atoms with Crippen molar-refractivity contribution in [3.63, 3.8) is 0 Å². The summed E-state index contributed by atoms with van der Waals surface area (Å²) >= 11 is 0. The molecular weight excluding hydrogens is 749 g/mol. The van der Waals surface area contributed by atoms with Crippen LogP contribution in [0.4, 0.5) is 9.59 Å². The second kappa shape index (κ2) is 20.2. The van der Waals surface area contributed by atoms with Crippen LogP contribution >= 0.6 is 0 Å². The Kier molecular flexibility index (Phi) is 15.2. The predicted molar refractivity (Wildman–Crippen MR) is 225 cm³/mol. The van der Waals surface area contributed by atoms with Crippen LogP contribution in [0.5, 0.6) is 0 Å². The fraction of sp³-hybridized carbons (Fsp3) is 0.422. The third kappa shape index (κ3) is 12.1. The fourth-order valence-electron chi connectivity index (χ4n) is 7.28. The zero-order valence-corrected chi connectivity index (χ0v) is 34.8. The van der Waals surface area contributed by atoms with Gasteiger partial charge >= 0.3 is 12.1 Å². The van der Waals surface area contributed by atoms with Crippen LogP contribution in [0, 0.1) is 18.3 Å². The molecule has 59 heavy (non-hydrogen) atoms. The van der Waals surface area contributed by atoms with Crippen molar-refractivity contribution < 1.29 is 29.4 Å².